The van der Waals surface area contributed by atoms with Crippen LogP contribution in [0, 0.1) is 11.7 Å². The summed E-state index contributed by atoms with van der Waals surface area (Å²) < 4.78 is 48.5. The van der Waals surface area contributed by atoms with Crippen LogP contribution >= 0.6 is 0 Å². The van der Waals surface area contributed by atoms with Crippen molar-refractivity contribution in [3.63, 3.8) is 0 Å². The Balaban J connectivity index is 1.44. The summed E-state index contributed by atoms with van der Waals surface area (Å²) in [6, 6.07) is 6.81. The number of likely N-dealkylation sites (tertiary alicyclic amines) is 1. The van der Waals surface area contributed by atoms with Gasteiger partial charge in [0.25, 0.3) is 10.0 Å². The van der Waals surface area contributed by atoms with Gasteiger partial charge in [-0.25, -0.2) is 17.6 Å². The number of hydrogen-bond acceptors (Lipinski definition) is 5. The third-order valence-electron chi connectivity index (χ3n) is 6.59. The van der Waals surface area contributed by atoms with Crippen LogP contribution in [0.4, 0.5) is 10.1 Å². The van der Waals surface area contributed by atoms with Gasteiger partial charge in [0.2, 0.25) is 0 Å². The number of nitrogens with one attached hydrogen (secondary N) is 1. The molecule has 32 heavy (non-hydrogen) atoms. The van der Waals surface area contributed by atoms with Gasteiger partial charge in [-0.3, -0.25) is 4.72 Å². The molecule has 3 aliphatic rings. The van der Waals surface area contributed by atoms with Gasteiger partial charge in [-0.1, -0.05) is 6.07 Å². The number of anilines is 1. The molecular formula is C23H25FN2O5S. The summed E-state index contributed by atoms with van der Waals surface area (Å²) >= 11 is 0. The summed E-state index contributed by atoms with van der Waals surface area (Å²) in [5.41, 5.74) is 0.962. The fourth-order valence-electron chi connectivity index (χ4n) is 4.65. The Labute approximate surface area is 186 Å². The van der Waals surface area contributed by atoms with Crippen molar-refractivity contribution in [1.82, 2.24) is 4.90 Å². The predicted molar refractivity (Wildman–Crippen MR) is 116 cm³/mol. The van der Waals surface area contributed by atoms with Crippen LogP contribution in [0.15, 0.2) is 35.2 Å². The van der Waals surface area contributed by atoms with Crippen molar-refractivity contribution >= 4 is 21.7 Å². The fourth-order valence-corrected chi connectivity index (χ4v) is 5.97. The van der Waals surface area contributed by atoms with Crippen LogP contribution < -0.4 is 9.46 Å². The molecule has 7 nitrogen and oxygen atoms in total. The van der Waals surface area contributed by atoms with E-state index in [2.05, 4.69) is 9.62 Å². The Morgan fingerprint density at radius 3 is 2.78 bits per heavy atom. The molecule has 2 N–H and O–H groups in total. The van der Waals surface area contributed by atoms with Gasteiger partial charge in [-0.15, -0.1) is 0 Å². The van der Waals surface area contributed by atoms with Crippen molar-refractivity contribution < 1.29 is 27.4 Å². The molecule has 9 heteroatoms. The average molecular weight is 461 g/mol. The first-order valence-corrected chi connectivity index (χ1v) is 12.4. The lowest BCUT2D eigenvalue weighted by molar-refractivity contribution is 0.0692. The molecule has 2 unspecified atom stereocenters. The van der Waals surface area contributed by atoms with Gasteiger partial charge in [-0.2, -0.15) is 0 Å². The Bertz CT molecular complexity index is 1180. The van der Waals surface area contributed by atoms with E-state index < -0.39 is 21.8 Å². The highest BCUT2D eigenvalue weighted by Crippen LogP contribution is 2.55. The molecule has 5 rings (SSSR count). The molecule has 0 amide bonds. The number of carboxylic acid groups (broad SMARTS) is 1. The first-order chi connectivity index (χ1) is 15.3. The number of aromatic carboxylic acids is 1. The van der Waals surface area contributed by atoms with Gasteiger partial charge in [0.15, 0.2) is 0 Å². The van der Waals surface area contributed by atoms with Crippen LogP contribution in [0.1, 0.15) is 46.7 Å². The molecule has 0 bridgehead atoms. The Morgan fingerprint density at radius 2 is 2.06 bits per heavy atom. The molecule has 2 aliphatic heterocycles. The number of carbonyl (C=O) groups is 1. The maximum Gasteiger partial charge on any atom is 0.341 e. The van der Waals surface area contributed by atoms with E-state index in [-0.39, 0.29) is 27.8 Å². The molecule has 0 aromatic heterocycles. The molecule has 0 spiro atoms. The van der Waals surface area contributed by atoms with Crippen molar-refractivity contribution in [3.05, 3.63) is 52.8 Å². The van der Waals surface area contributed by atoms with Gasteiger partial charge >= 0.3 is 5.97 Å². The van der Waals surface area contributed by atoms with E-state index in [1.165, 1.54) is 24.6 Å². The van der Waals surface area contributed by atoms with Gasteiger partial charge in [0.05, 0.1) is 17.2 Å². The van der Waals surface area contributed by atoms with E-state index in [1.807, 2.05) is 0 Å². The van der Waals surface area contributed by atoms with Gasteiger partial charge in [0.1, 0.15) is 17.1 Å². The SMILES string of the molecule is O=C(O)c1c(NS(=O)(=O)c2ccc(F)cc2CCCN2CCC2)ccc2c1OCC1CC21. The van der Waals surface area contributed by atoms with Crippen LogP contribution in [0.3, 0.4) is 0 Å². The third-order valence-corrected chi connectivity index (χ3v) is 8.06. The lowest BCUT2D eigenvalue weighted by atomic mass is 10.0. The number of carboxylic acids is 1. The van der Waals surface area contributed by atoms with E-state index >= 15 is 0 Å². The second-order valence-electron chi connectivity index (χ2n) is 8.78. The Hall–Kier alpha value is -2.65. The van der Waals surface area contributed by atoms with Crippen LogP contribution in [0.25, 0.3) is 0 Å². The number of sulfonamides is 1. The van der Waals surface area contributed by atoms with E-state index in [0.717, 1.165) is 37.7 Å². The molecule has 170 valence electrons. The van der Waals surface area contributed by atoms with E-state index in [0.29, 0.717) is 30.9 Å². The first-order valence-electron chi connectivity index (χ1n) is 10.9. The summed E-state index contributed by atoms with van der Waals surface area (Å²) in [5, 5.41) is 9.81. The number of nitrogens with zero attached hydrogens (tertiary/aromatic N) is 1. The summed E-state index contributed by atoms with van der Waals surface area (Å²) in [6.45, 7) is 3.34. The van der Waals surface area contributed by atoms with E-state index in [1.54, 1.807) is 6.07 Å². The zero-order chi connectivity index (χ0) is 22.5. The van der Waals surface area contributed by atoms with E-state index in [4.69, 9.17) is 4.74 Å². The minimum Gasteiger partial charge on any atom is -0.492 e. The van der Waals surface area contributed by atoms with Crippen molar-refractivity contribution in [1.29, 1.82) is 0 Å². The van der Waals surface area contributed by atoms with Crippen LogP contribution in [0.5, 0.6) is 5.75 Å². The lowest BCUT2D eigenvalue weighted by Gasteiger charge is -2.30. The minimum atomic E-state index is -4.14. The molecule has 1 aliphatic carbocycles. The number of fused-ring (bicyclic) bond motifs is 3. The largest absolute Gasteiger partial charge is 0.492 e. The first kappa shape index (κ1) is 21.2. The number of halogens is 1. The van der Waals surface area contributed by atoms with Crippen molar-refractivity contribution in [2.75, 3.05) is 31.0 Å². The van der Waals surface area contributed by atoms with Crippen molar-refractivity contribution in [3.8, 4) is 5.75 Å². The number of aryl methyl sites for hydroxylation is 1. The quantitative estimate of drug-likeness (QED) is 0.626. The third kappa shape index (κ3) is 3.95. The van der Waals surface area contributed by atoms with Crippen LogP contribution in [-0.2, 0) is 16.4 Å². The number of ether oxygens (including phenoxy) is 1. The molecule has 2 heterocycles. The topological polar surface area (TPSA) is 95.9 Å². The molecule has 1 saturated heterocycles. The molecule has 2 fully saturated rings. The zero-order valence-corrected chi connectivity index (χ0v) is 18.3. The van der Waals surface area contributed by atoms with Gasteiger partial charge in [-0.05, 0) is 86.6 Å². The summed E-state index contributed by atoms with van der Waals surface area (Å²) in [7, 11) is -4.14. The average Bonchev–Trinajstić information content (AvgIpc) is 3.49. The van der Waals surface area contributed by atoms with E-state index in [9.17, 15) is 22.7 Å². The second kappa shape index (κ2) is 8.04. The molecule has 2 atom stereocenters. The molecule has 2 aromatic rings. The number of hydrogen-bond donors (Lipinski definition) is 2. The van der Waals surface area contributed by atoms with Crippen molar-refractivity contribution in [2.45, 2.75) is 36.5 Å². The van der Waals surface area contributed by atoms with Gasteiger partial charge in [0, 0.05) is 5.92 Å². The highest BCUT2D eigenvalue weighted by atomic mass is 32.2. The van der Waals surface area contributed by atoms with Crippen molar-refractivity contribution in [2.24, 2.45) is 5.92 Å². The summed E-state index contributed by atoms with van der Waals surface area (Å²) in [4.78, 5) is 14.2. The fraction of sp³-hybridized carbons (Fsp3) is 0.435. The molecular weight excluding hydrogens is 435 g/mol. The normalized spacial score (nSPS) is 21.7. The second-order valence-corrected chi connectivity index (χ2v) is 10.4. The zero-order valence-electron chi connectivity index (χ0n) is 17.5. The summed E-state index contributed by atoms with van der Waals surface area (Å²) in [6.07, 6.45) is 3.24. The maximum absolute atomic E-state index is 13.9. The number of rotatable bonds is 8. The Morgan fingerprint density at radius 1 is 1.25 bits per heavy atom. The predicted octanol–water partition coefficient (Wildman–Crippen LogP) is 3.46. The minimum absolute atomic E-state index is 0.0419. The lowest BCUT2D eigenvalue weighted by Crippen LogP contribution is -2.37. The number of benzene rings is 2. The highest BCUT2D eigenvalue weighted by molar-refractivity contribution is 7.92. The molecule has 2 aromatic carbocycles. The smallest absolute Gasteiger partial charge is 0.341 e. The van der Waals surface area contributed by atoms with Crippen LogP contribution in [0.2, 0.25) is 0 Å². The maximum atomic E-state index is 13.9. The van der Waals surface area contributed by atoms with Crippen LogP contribution in [-0.4, -0.2) is 50.6 Å². The summed E-state index contributed by atoms with van der Waals surface area (Å²) in [5.74, 6) is -0.838. The Kier molecular flexibility index (Phi) is 5.33. The monoisotopic (exact) mass is 460 g/mol. The molecule has 0 radical (unpaired) electrons. The molecule has 1 saturated carbocycles. The standard InChI is InChI=1S/C23H25FN2O5S/c24-16-4-7-20(14(11-16)3-1-8-26-9-2-10-26)32(29,30)25-19-6-5-17-18-12-15(18)13-31-22(17)21(19)23(27)28/h4-7,11,15,18,25H,1-3,8-10,12-13H2,(H,27,28). The van der Waals surface area contributed by atoms with Gasteiger partial charge < -0.3 is 14.7 Å². The highest BCUT2D eigenvalue weighted by Gasteiger charge is 2.45.